The molecule has 4 heteroatoms. The summed E-state index contributed by atoms with van der Waals surface area (Å²) in [5.41, 5.74) is 6.16. The van der Waals surface area contributed by atoms with Gasteiger partial charge in [0.25, 0.3) is 0 Å². The van der Waals surface area contributed by atoms with Gasteiger partial charge in [0.05, 0.1) is 0 Å². The number of aromatic nitrogens is 2. The zero-order chi connectivity index (χ0) is 17.9. The van der Waals surface area contributed by atoms with E-state index in [-0.39, 0.29) is 0 Å². The summed E-state index contributed by atoms with van der Waals surface area (Å²) in [6, 6.07) is 19.0. The third kappa shape index (κ3) is 3.40. The van der Waals surface area contributed by atoms with Crippen molar-refractivity contribution < 1.29 is 0 Å². The normalized spacial score (nSPS) is 13.4. The van der Waals surface area contributed by atoms with Gasteiger partial charge in [0, 0.05) is 30.5 Å². The number of anilines is 3. The zero-order valence-corrected chi connectivity index (χ0v) is 15.4. The van der Waals surface area contributed by atoms with Crippen LogP contribution in [0, 0.1) is 6.92 Å². The van der Waals surface area contributed by atoms with E-state index in [0.29, 0.717) is 0 Å². The Kier molecular flexibility index (Phi) is 4.57. The largest absolute Gasteiger partial charge is 0.340 e. The summed E-state index contributed by atoms with van der Waals surface area (Å²) >= 11 is 0. The molecule has 0 radical (unpaired) electrons. The number of fused-ring (bicyclic) bond motifs is 1. The van der Waals surface area contributed by atoms with Crippen molar-refractivity contribution in [3.63, 3.8) is 0 Å². The molecule has 0 bridgehead atoms. The van der Waals surface area contributed by atoms with Gasteiger partial charge < -0.3 is 10.2 Å². The lowest BCUT2D eigenvalue weighted by atomic mass is 10.0. The lowest BCUT2D eigenvalue weighted by Crippen LogP contribution is -2.32. The van der Waals surface area contributed by atoms with Crippen molar-refractivity contribution >= 4 is 17.5 Å². The van der Waals surface area contributed by atoms with Gasteiger partial charge >= 0.3 is 0 Å². The number of rotatable bonds is 4. The molecule has 132 valence electrons. The van der Waals surface area contributed by atoms with E-state index < -0.39 is 0 Å². The maximum Gasteiger partial charge on any atom is 0.227 e. The third-order valence-corrected chi connectivity index (χ3v) is 4.95. The first-order chi connectivity index (χ1) is 12.7. The molecule has 0 saturated carbocycles. The van der Waals surface area contributed by atoms with E-state index in [0.717, 1.165) is 49.1 Å². The molecule has 0 spiro atoms. The highest BCUT2D eigenvalue weighted by Crippen LogP contribution is 2.25. The molecule has 2 heterocycles. The van der Waals surface area contributed by atoms with E-state index in [9.17, 15) is 0 Å². The molecule has 4 nitrogen and oxygen atoms in total. The first-order valence-electron chi connectivity index (χ1n) is 9.25. The summed E-state index contributed by atoms with van der Waals surface area (Å²) in [5.74, 6) is 1.68. The van der Waals surface area contributed by atoms with E-state index in [1.165, 1.54) is 16.7 Å². The molecule has 4 rings (SSSR count). The van der Waals surface area contributed by atoms with Crippen molar-refractivity contribution in [3.8, 4) is 0 Å². The fourth-order valence-electron chi connectivity index (χ4n) is 3.39. The highest BCUT2D eigenvalue weighted by Gasteiger charge is 2.19. The lowest BCUT2D eigenvalue weighted by Gasteiger charge is -2.29. The molecule has 0 fully saturated rings. The fraction of sp³-hybridized carbons (Fsp3) is 0.273. The first kappa shape index (κ1) is 16.6. The van der Waals surface area contributed by atoms with Gasteiger partial charge in [-0.05, 0) is 42.5 Å². The second-order valence-corrected chi connectivity index (χ2v) is 6.78. The smallest absolute Gasteiger partial charge is 0.227 e. The van der Waals surface area contributed by atoms with Gasteiger partial charge in [0.1, 0.15) is 5.82 Å². The lowest BCUT2D eigenvalue weighted by molar-refractivity contribution is 0.705. The number of benzene rings is 2. The number of aryl methyl sites for hydroxylation is 2. The van der Waals surface area contributed by atoms with Crippen molar-refractivity contribution in [1.29, 1.82) is 0 Å². The molecule has 2 aromatic carbocycles. The minimum Gasteiger partial charge on any atom is -0.340 e. The van der Waals surface area contributed by atoms with Crippen LogP contribution >= 0.6 is 0 Å². The summed E-state index contributed by atoms with van der Waals surface area (Å²) < 4.78 is 0. The number of para-hydroxylation sites is 1. The molecule has 0 atom stereocenters. The summed E-state index contributed by atoms with van der Waals surface area (Å²) in [6.45, 7) is 6.06. The Morgan fingerprint density at radius 2 is 1.77 bits per heavy atom. The van der Waals surface area contributed by atoms with Crippen LogP contribution < -0.4 is 10.2 Å². The molecular weight excluding hydrogens is 320 g/mol. The second kappa shape index (κ2) is 7.16. The predicted molar refractivity (Wildman–Crippen MR) is 107 cm³/mol. The van der Waals surface area contributed by atoms with Crippen LogP contribution in [0.3, 0.4) is 0 Å². The molecular formula is C22H24N4. The number of hydrogen-bond acceptors (Lipinski definition) is 4. The standard InChI is InChI=1S/C22H24N4/c1-3-19-14-21(24-20-11-7-4-8-16(20)2)25-22(23-19)26-13-12-17-9-5-6-10-18(17)15-26/h4-11,14H,3,12-13,15H2,1-2H3,(H,23,24,25). The Morgan fingerprint density at radius 3 is 2.58 bits per heavy atom. The average Bonchev–Trinajstić information content (AvgIpc) is 2.69. The highest BCUT2D eigenvalue weighted by atomic mass is 15.3. The van der Waals surface area contributed by atoms with E-state index in [1.807, 2.05) is 12.1 Å². The quantitative estimate of drug-likeness (QED) is 0.748. The monoisotopic (exact) mass is 344 g/mol. The van der Waals surface area contributed by atoms with Crippen molar-refractivity contribution in [2.75, 3.05) is 16.8 Å². The topological polar surface area (TPSA) is 41.1 Å². The van der Waals surface area contributed by atoms with Gasteiger partial charge in [-0.25, -0.2) is 4.98 Å². The molecule has 1 aromatic heterocycles. The zero-order valence-electron chi connectivity index (χ0n) is 15.4. The molecule has 0 saturated heterocycles. The summed E-state index contributed by atoms with van der Waals surface area (Å²) in [7, 11) is 0. The van der Waals surface area contributed by atoms with Gasteiger partial charge in [0.2, 0.25) is 5.95 Å². The predicted octanol–water partition coefficient (Wildman–Crippen LogP) is 4.65. The van der Waals surface area contributed by atoms with Crippen LogP contribution in [-0.4, -0.2) is 16.5 Å². The van der Waals surface area contributed by atoms with Gasteiger partial charge in [-0.2, -0.15) is 4.98 Å². The SMILES string of the molecule is CCc1cc(Nc2ccccc2C)nc(N2CCc3ccccc3C2)n1. The second-order valence-electron chi connectivity index (χ2n) is 6.78. The summed E-state index contributed by atoms with van der Waals surface area (Å²) in [6.07, 6.45) is 1.93. The minimum atomic E-state index is 0.815. The molecule has 26 heavy (non-hydrogen) atoms. The Labute approximate surface area is 154 Å². The molecule has 1 N–H and O–H groups in total. The maximum absolute atomic E-state index is 4.82. The van der Waals surface area contributed by atoms with Crippen LogP contribution in [0.5, 0.6) is 0 Å². The van der Waals surface area contributed by atoms with Crippen molar-refractivity contribution in [3.05, 3.63) is 77.0 Å². The van der Waals surface area contributed by atoms with E-state index in [4.69, 9.17) is 9.97 Å². The Hall–Kier alpha value is -2.88. The van der Waals surface area contributed by atoms with Gasteiger partial charge in [0.15, 0.2) is 0 Å². The number of hydrogen-bond donors (Lipinski definition) is 1. The minimum absolute atomic E-state index is 0.815. The molecule has 0 aliphatic carbocycles. The Bertz CT molecular complexity index is 920. The number of nitrogens with zero attached hydrogens (tertiary/aromatic N) is 3. The van der Waals surface area contributed by atoms with Crippen molar-refractivity contribution in [2.45, 2.75) is 33.2 Å². The average molecular weight is 344 g/mol. The molecule has 0 unspecified atom stereocenters. The summed E-state index contributed by atoms with van der Waals surface area (Å²) in [4.78, 5) is 11.9. The maximum atomic E-state index is 4.82. The number of nitrogens with one attached hydrogen (secondary N) is 1. The van der Waals surface area contributed by atoms with Crippen LogP contribution in [0.2, 0.25) is 0 Å². The first-order valence-corrected chi connectivity index (χ1v) is 9.25. The fourth-order valence-corrected chi connectivity index (χ4v) is 3.39. The Balaban J connectivity index is 1.64. The van der Waals surface area contributed by atoms with Crippen LogP contribution in [0.1, 0.15) is 29.3 Å². The van der Waals surface area contributed by atoms with Crippen LogP contribution in [0.4, 0.5) is 17.5 Å². The van der Waals surface area contributed by atoms with Crippen molar-refractivity contribution in [2.24, 2.45) is 0 Å². The van der Waals surface area contributed by atoms with Gasteiger partial charge in [-0.3, -0.25) is 0 Å². The van der Waals surface area contributed by atoms with Gasteiger partial charge in [-0.15, -0.1) is 0 Å². The van der Waals surface area contributed by atoms with E-state index in [1.54, 1.807) is 0 Å². The Morgan fingerprint density at radius 1 is 1.00 bits per heavy atom. The molecule has 0 amide bonds. The van der Waals surface area contributed by atoms with Crippen LogP contribution in [0.15, 0.2) is 54.6 Å². The van der Waals surface area contributed by atoms with Crippen LogP contribution in [-0.2, 0) is 19.4 Å². The molecule has 3 aromatic rings. The van der Waals surface area contributed by atoms with E-state index >= 15 is 0 Å². The van der Waals surface area contributed by atoms with Gasteiger partial charge in [-0.1, -0.05) is 49.4 Å². The third-order valence-electron chi connectivity index (χ3n) is 4.95. The highest BCUT2D eigenvalue weighted by molar-refractivity contribution is 5.61. The van der Waals surface area contributed by atoms with E-state index in [2.05, 4.69) is 66.5 Å². The summed E-state index contributed by atoms with van der Waals surface area (Å²) in [5, 5.41) is 3.47. The van der Waals surface area contributed by atoms with Crippen molar-refractivity contribution in [1.82, 2.24) is 9.97 Å². The molecule has 1 aliphatic heterocycles. The molecule has 1 aliphatic rings. The van der Waals surface area contributed by atoms with Crippen LogP contribution in [0.25, 0.3) is 0 Å².